The summed E-state index contributed by atoms with van der Waals surface area (Å²) in [6.45, 7) is 2.58. The summed E-state index contributed by atoms with van der Waals surface area (Å²) < 4.78 is 29.2. The van der Waals surface area contributed by atoms with Crippen molar-refractivity contribution in [2.75, 3.05) is 11.4 Å². The highest BCUT2D eigenvalue weighted by molar-refractivity contribution is 7.10. The van der Waals surface area contributed by atoms with Crippen LogP contribution < -0.4 is 10.2 Å². The summed E-state index contributed by atoms with van der Waals surface area (Å²) in [5.41, 5.74) is 1.24. The fourth-order valence-electron chi connectivity index (χ4n) is 3.51. The van der Waals surface area contributed by atoms with Crippen LogP contribution >= 0.6 is 11.5 Å². The molecule has 3 unspecified atom stereocenters. The van der Waals surface area contributed by atoms with Gasteiger partial charge in [-0.2, -0.15) is 18.4 Å². The first-order valence-corrected chi connectivity index (χ1v) is 8.00. The van der Waals surface area contributed by atoms with E-state index in [4.69, 9.17) is 0 Å². The van der Waals surface area contributed by atoms with E-state index in [-0.39, 0.29) is 12.1 Å². The molecule has 1 saturated carbocycles. The maximum atomic E-state index is 12.5. The third-order valence-electron chi connectivity index (χ3n) is 4.52. The molecule has 5 nitrogen and oxygen atoms in total. The third kappa shape index (κ3) is 2.54. The van der Waals surface area contributed by atoms with Crippen molar-refractivity contribution < 1.29 is 13.6 Å². The Balaban J connectivity index is 1.84. The van der Waals surface area contributed by atoms with E-state index >= 15 is 0 Å². The maximum absolute atomic E-state index is 12.5. The van der Waals surface area contributed by atoms with Gasteiger partial charge in [-0.05, 0) is 43.6 Å². The van der Waals surface area contributed by atoms with Gasteiger partial charge < -0.3 is 10.2 Å². The van der Waals surface area contributed by atoms with Gasteiger partial charge in [0.15, 0.2) is 0 Å². The predicted octanol–water partition coefficient (Wildman–Crippen LogP) is 2.06. The van der Waals surface area contributed by atoms with Crippen molar-refractivity contribution in [1.82, 2.24) is 9.69 Å². The Morgan fingerprint density at radius 2 is 2.32 bits per heavy atom. The van der Waals surface area contributed by atoms with E-state index in [2.05, 4.69) is 20.7 Å². The fourth-order valence-corrected chi connectivity index (χ4v) is 4.43. The number of rotatable bonds is 3. The van der Waals surface area contributed by atoms with Gasteiger partial charge in [-0.15, -0.1) is 0 Å². The molecule has 1 N–H and O–H groups in total. The van der Waals surface area contributed by atoms with Crippen molar-refractivity contribution in [3.05, 3.63) is 11.3 Å². The average molecular weight is 326 g/mol. The second-order valence-electron chi connectivity index (χ2n) is 5.87. The third-order valence-corrected chi connectivity index (χ3v) is 5.50. The first-order chi connectivity index (χ1) is 10.5. The van der Waals surface area contributed by atoms with Crippen molar-refractivity contribution in [1.29, 1.82) is 5.26 Å². The van der Waals surface area contributed by atoms with Gasteiger partial charge >= 0.3 is 6.43 Å². The highest BCUT2D eigenvalue weighted by Gasteiger charge is 2.43. The SMILES string of the molecule is Cc1nsc(N2CC3CCC2C(NC(=O)C(F)F)C3)c1C#N. The van der Waals surface area contributed by atoms with E-state index in [1.54, 1.807) is 6.92 Å². The highest BCUT2D eigenvalue weighted by Crippen LogP contribution is 2.41. The van der Waals surface area contributed by atoms with Crippen LogP contribution in [0.5, 0.6) is 0 Å². The Hall–Kier alpha value is -1.75. The van der Waals surface area contributed by atoms with E-state index in [0.717, 1.165) is 30.8 Å². The van der Waals surface area contributed by atoms with Crippen LogP contribution in [0.1, 0.15) is 30.5 Å². The Morgan fingerprint density at radius 1 is 1.55 bits per heavy atom. The monoisotopic (exact) mass is 326 g/mol. The molecule has 1 aliphatic carbocycles. The van der Waals surface area contributed by atoms with E-state index in [1.165, 1.54) is 11.5 Å². The van der Waals surface area contributed by atoms with E-state index in [9.17, 15) is 18.8 Å². The minimum Gasteiger partial charge on any atom is -0.356 e. The summed E-state index contributed by atoms with van der Waals surface area (Å²) >= 11 is 1.27. The molecule has 118 valence electrons. The number of nitrogens with zero attached hydrogens (tertiary/aromatic N) is 3. The Labute approximate surface area is 131 Å². The topological polar surface area (TPSA) is 69.0 Å². The number of nitrogens with one attached hydrogen (secondary N) is 1. The Morgan fingerprint density at radius 3 is 2.95 bits per heavy atom. The number of nitriles is 1. The molecular formula is C14H16F2N4OS. The molecule has 4 rings (SSSR count). The molecule has 22 heavy (non-hydrogen) atoms. The lowest BCUT2D eigenvalue weighted by molar-refractivity contribution is -0.133. The summed E-state index contributed by atoms with van der Waals surface area (Å²) in [5, 5.41) is 12.6. The van der Waals surface area contributed by atoms with Gasteiger partial charge in [0.25, 0.3) is 5.91 Å². The molecular weight excluding hydrogens is 310 g/mol. The summed E-state index contributed by atoms with van der Waals surface area (Å²) in [4.78, 5) is 13.4. The predicted molar refractivity (Wildman–Crippen MR) is 78.0 cm³/mol. The summed E-state index contributed by atoms with van der Waals surface area (Å²) in [6, 6.07) is 1.84. The lowest BCUT2D eigenvalue weighted by Gasteiger charge is -2.50. The molecule has 3 atom stereocenters. The minimum atomic E-state index is -2.99. The number of aromatic nitrogens is 1. The number of aryl methyl sites for hydroxylation is 1. The molecule has 0 spiro atoms. The summed E-state index contributed by atoms with van der Waals surface area (Å²) in [5.74, 6) is -0.861. The molecule has 1 amide bonds. The number of hydrogen-bond acceptors (Lipinski definition) is 5. The number of alkyl halides is 2. The molecule has 1 aromatic rings. The molecule has 3 fully saturated rings. The quantitative estimate of drug-likeness (QED) is 0.923. The van der Waals surface area contributed by atoms with Crippen LogP contribution in [0.3, 0.4) is 0 Å². The standard InChI is InChI=1S/C14H16F2N4OS/c1-7-9(5-17)14(22-19-7)20-6-8-2-3-11(20)10(4-8)18-13(21)12(15)16/h8,10-12H,2-4,6H2,1H3,(H,18,21). The van der Waals surface area contributed by atoms with Gasteiger partial charge in [0.05, 0.1) is 11.7 Å². The molecule has 2 bridgehead atoms. The molecule has 0 radical (unpaired) electrons. The van der Waals surface area contributed by atoms with Crippen molar-refractivity contribution >= 4 is 22.4 Å². The molecule has 0 aromatic carbocycles. The normalized spacial score (nSPS) is 27.0. The fraction of sp³-hybridized carbons (Fsp3) is 0.643. The molecule has 8 heteroatoms. The zero-order chi connectivity index (χ0) is 15.9. The number of fused-ring (bicyclic) bond motifs is 3. The van der Waals surface area contributed by atoms with Gasteiger partial charge in [0, 0.05) is 12.6 Å². The van der Waals surface area contributed by atoms with Crippen LogP contribution in [-0.2, 0) is 4.79 Å². The first-order valence-electron chi connectivity index (χ1n) is 7.22. The maximum Gasteiger partial charge on any atom is 0.315 e. The van der Waals surface area contributed by atoms with Crippen molar-refractivity contribution in [2.45, 2.75) is 44.7 Å². The average Bonchev–Trinajstić information content (AvgIpc) is 2.88. The number of anilines is 1. The van der Waals surface area contributed by atoms with Gasteiger partial charge in [-0.1, -0.05) is 0 Å². The van der Waals surface area contributed by atoms with Crippen molar-refractivity contribution in [3.63, 3.8) is 0 Å². The van der Waals surface area contributed by atoms with Crippen LogP contribution in [0.15, 0.2) is 0 Å². The zero-order valence-corrected chi connectivity index (χ0v) is 12.9. The summed E-state index contributed by atoms with van der Waals surface area (Å²) in [6.07, 6.45) is -0.406. The number of carbonyl (C=O) groups is 1. The van der Waals surface area contributed by atoms with Crippen molar-refractivity contribution in [2.24, 2.45) is 5.92 Å². The molecule has 3 aliphatic rings. The first kappa shape index (κ1) is 15.2. The Kier molecular flexibility index (Phi) is 4.00. The largest absolute Gasteiger partial charge is 0.356 e. The van der Waals surface area contributed by atoms with Gasteiger partial charge in [0.1, 0.15) is 16.6 Å². The van der Waals surface area contributed by atoms with Gasteiger partial charge in [-0.3, -0.25) is 4.79 Å². The van der Waals surface area contributed by atoms with Gasteiger partial charge in [0.2, 0.25) is 0 Å². The van der Waals surface area contributed by atoms with Gasteiger partial charge in [-0.25, -0.2) is 0 Å². The van der Waals surface area contributed by atoms with E-state index in [1.807, 2.05) is 0 Å². The lowest BCUT2D eigenvalue weighted by atomic mass is 9.76. The second-order valence-corrected chi connectivity index (χ2v) is 6.63. The zero-order valence-electron chi connectivity index (χ0n) is 12.1. The molecule has 1 aromatic heterocycles. The lowest BCUT2D eigenvalue weighted by Crippen LogP contribution is -2.61. The summed E-state index contributed by atoms with van der Waals surface area (Å²) in [7, 11) is 0. The van der Waals surface area contributed by atoms with Crippen LogP contribution in [0.2, 0.25) is 0 Å². The van der Waals surface area contributed by atoms with E-state index in [0.29, 0.717) is 17.2 Å². The van der Waals surface area contributed by atoms with Crippen LogP contribution in [0.4, 0.5) is 13.8 Å². The number of carbonyl (C=O) groups excluding carboxylic acids is 1. The molecule has 3 heterocycles. The molecule has 2 aliphatic heterocycles. The van der Waals surface area contributed by atoms with Crippen molar-refractivity contribution in [3.8, 4) is 6.07 Å². The minimum absolute atomic E-state index is 0.0420. The highest BCUT2D eigenvalue weighted by atomic mass is 32.1. The van der Waals surface area contributed by atoms with E-state index < -0.39 is 12.3 Å². The number of halogens is 2. The second kappa shape index (κ2) is 5.80. The number of piperidine rings is 2. The number of amides is 1. The molecule has 2 saturated heterocycles. The smallest absolute Gasteiger partial charge is 0.315 e. The van der Waals surface area contributed by atoms with Crippen LogP contribution in [0, 0.1) is 24.2 Å². The number of hydrogen-bond donors (Lipinski definition) is 1. The Bertz CT molecular complexity index is 627. The van der Waals surface area contributed by atoms with Crippen LogP contribution in [-0.4, -0.2) is 35.3 Å². The van der Waals surface area contributed by atoms with Crippen LogP contribution in [0.25, 0.3) is 0 Å².